The maximum atomic E-state index is 12.3. The molecule has 2 aliphatic rings. The van der Waals surface area contributed by atoms with Crippen LogP contribution in [0.5, 0.6) is 17.2 Å². The van der Waals surface area contributed by atoms with Crippen LogP contribution >= 0.6 is 0 Å². The lowest BCUT2D eigenvalue weighted by Gasteiger charge is -2.34. The van der Waals surface area contributed by atoms with E-state index in [0.717, 1.165) is 45.0 Å². The van der Waals surface area contributed by atoms with E-state index < -0.39 is 0 Å². The standard InChI is InChI=1S/C22H27N3O4/c1-27-19-4-2-3-17(13-19)15-25-11-9-24(10-12-25)8-7-23-22(26)18-5-6-20-21(14-18)29-16-28-20/h2-6,13-14H,7-12,15-16H2,1H3,(H,23,26). The molecule has 154 valence electrons. The first-order valence-corrected chi connectivity index (χ1v) is 9.97. The Morgan fingerprint density at radius 3 is 2.66 bits per heavy atom. The number of hydrogen-bond donors (Lipinski definition) is 1. The monoisotopic (exact) mass is 397 g/mol. The van der Waals surface area contributed by atoms with Crippen LogP contribution in [0.4, 0.5) is 0 Å². The minimum atomic E-state index is -0.0834. The Bertz CT molecular complexity index is 850. The van der Waals surface area contributed by atoms with Gasteiger partial charge < -0.3 is 19.5 Å². The predicted octanol–water partition coefficient (Wildman–Crippen LogP) is 1.97. The number of rotatable bonds is 7. The van der Waals surface area contributed by atoms with E-state index in [1.165, 1.54) is 5.56 Å². The number of carbonyl (C=O) groups excluding carboxylic acids is 1. The third kappa shape index (κ3) is 4.99. The molecule has 1 fully saturated rings. The third-order valence-corrected chi connectivity index (χ3v) is 5.35. The molecule has 7 heteroatoms. The Labute approximate surface area is 171 Å². The number of benzene rings is 2. The van der Waals surface area contributed by atoms with Gasteiger partial charge in [-0.2, -0.15) is 0 Å². The van der Waals surface area contributed by atoms with E-state index in [0.29, 0.717) is 23.6 Å². The molecule has 1 N–H and O–H groups in total. The number of nitrogens with one attached hydrogen (secondary N) is 1. The molecule has 0 aromatic heterocycles. The maximum Gasteiger partial charge on any atom is 0.251 e. The van der Waals surface area contributed by atoms with Crippen molar-refractivity contribution in [1.29, 1.82) is 0 Å². The van der Waals surface area contributed by atoms with Gasteiger partial charge in [0.25, 0.3) is 5.91 Å². The SMILES string of the molecule is COc1cccc(CN2CCN(CCNC(=O)c3ccc4c(c3)OCO4)CC2)c1. The molecule has 2 aromatic carbocycles. The van der Waals surface area contributed by atoms with Crippen molar-refractivity contribution in [1.82, 2.24) is 15.1 Å². The van der Waals surface area contributed by atoms with Crippen LogP contribution in [0, 0.1) is 0 Å². The van der Waals surface area contributed by atoms with E-state index >= 15 is 0 Å². The number of carbonyl (C=O) groups is 1. The number of nitrogens with zero attached hydrogens (tertiary/aromatic N) is 2. The van der Waals surface area contributed by atoms with Crippen LogP contribution < -0.4 is 19.5 Å². The normalized spacial score (nSPS) is 16.6. The molecule has 0 atom stereocenters. The summed E-state index contributed by atoms with van der Waals surface area (Å²) in [4.78, 5) is 17.2. The van der Waals surface area contributed by atoms with E-state index in [4.69, 9.17) is 14.2 Å². The van der Waals surface area contributed by atoms with E-state index in [-0.39, 0.29) is 12.7 Å². The summed E-state index contributed by atoms with van der Waals surface area (Å²) in [5, 5.41) is 3.00. The molecule has 1 amide bonds. The first-order chi connectivity index (χ1) is 14.2. The highest BCUT2D eigenvalue weighted by molar-refractivity contribution is 5.94. The van der Waals surface area contributed by atoms with Gasteiger partial charge >= 0.3 is 0 Å². The molecule has 0 unspecified atom stereocenters. The number of hydrogen-bond acceptors (Lipinski definition) is 6. The quantitative estimate of drug-likeness (QED) is 0.771. The van der Waals surface area contributed by atoms with Gasteiger partial charge in [0.2, 0.25) is 6.79 Å². The lowest BCUT2D eigenvalue weighted by molar-refractivity contribution is 0.0933. The largest absolute Gasteiger partial charge is 0.497 e. The number of piperazine rings is 1. The van der Waals surface area contributed by atoms with Crippen LogP contribution in [-0.4, -0.2) is 68.9 Å². The van der Waals surface area contributed by atoms with Crippen LogP contribution in [0.2, 0.25) is 0 Å². The summed E-state index contributed by atoms with van der Waals surface area (Å²) in [6.45, 7) is 6.68. The number of methoxy groups -OCH3 is 1. The Hall–Kier alpha value is -2.77. The molecule has 0 spiro atoms. The van der Waals surface area contributed by atoms with E-state index in [2.05, 4.69) is 27.2 Å². The van der Waals surface area contributed by atoms with E-state index in [1.54, 1.807) is 25.3 Å². The molecule has 2 aliphatic heterocycles. The summed E-state index contributed by atoms with van der Waals surface area (Å²) in [7, 11) is 1.70. The summed E-state index contributed by atoms with van der Waals surface area (Å²) < 4.78 is 15.9. The molecule has 0 saturated carbocycles. The average molecular weight is 397 g/mol. The number of ether oxygens (including phenoxy) is 3. The van der Waals surface area contributed by atoms with Crippen LogP contribution in [0.15, 0.2) is 42.5 Å². The highest BCUT2D eigenvalue weighted by atomic mass is 16.7. The summed E-state index contributed by atoms with van der Waals surface area (Å²) in [6.07, 6.45) is 0. The lowest BCUT2D eigenvalue weighted by atomic mass is 10.2. The van der Waals surface area contributed by atoms with Gasteiger partial charge in [0.1, 0.15) is 5.75 Å². The van der Waals surface area contributed by atoms with Gasteiger partial charge in [-0.1, -0.05) is 12.1 Å². The fraction of sp³-hybridized carbons (Fsp3) is 0.409. The molecule has 0 radical (unpaired) electrons. The van der Waals surface area contributed by atoms with Crippen molar-refractivity contribution in [2.24, 2.45) is 0 Å². The predicted molar refractivity (Wildman–Crippen MR) is 110 cm³/mol. The van der Waals surface area contributed by atoms with Gasteiger partial charge in [0.05, 0.1) is 7.11 Å². The van der Waals surface area contributed by atoms with Crippen LogP contribution in [0.1, 0.15) is 15.9 Å². The fourth-order valence-electron chi connectivity index (χ4n) is 3.67. The zero-order valence-electron chi connectivity index (χ0n) is 16.7. The molecule has 0 aliphatic carbocycles. The van der Waals surface area contributed by atoms with Crippen molar-refractivity contribution in [2.75, 3.05) is 53.2 Å². The smallest absolute Gasteiger partial charge is 0.251 e. The Balaban J connectivity index is 1.18. The van der Waals surface area contributed by atoms with Gasteiger partial charge in [-0.05, 0) is 35.9 Å². The maximum absolute atomic E-state index is 12.3. The van der Waals surface area contributed by atoms with Gasteiger partial charge in [0, 0.05) is 51.4 Å². The molecule has 2 aromatic rings. The van der Waals surface area contributed by atoms with Crippen molar-refractivity contribution in [3.8, 4) is 17.2 Å². The van der Waals surface area contributed by atoms with Crippen molar-refractivity contribution in [3.63, 3.8) is 0 Å². The summed E-state index contributed by atoms with van der Waals surface area (Å²) in [5.41, 5.74) is 1.87. The van der Waals surface area contributed by atoms with Crippen molar-refractivity contribution in [3.05, 3.63) is 53.6 Å². The molecule has 0 bridgehead atoms. The van der Waals surface area contributed by atoms with Crippen molar-refractivity contribution >= 4 is 5.91 Å². The fourth-order valence-corrected chi connectivity index (χ4v) is 3.67. The minimum absolute atomic E-state index is 0.0834. The molecular formula is C22H27N3O4. The Morgan fingerprint density at radius 1 is 1.03 bits per heavy atom. The molecule has 1 saturated heterocycles. The highest BCUT2D eigenvalue weighted by Gasteiger charge is 2.18. The van der Waals surface area contributed by atoms with Gasteiger partial charge in [-0.25, -0.2) is 0 Å². The van der Waals surface area contributed by atoms with Gasteiger partial charge in [0.15, 0.2) is 11.5 Å². The Morgan fingerprint density at radius 2 is 1.83 bits per heavy atom. The first kappa shape index (κ1) is 19.5. The second-order valence-corrected chi connectivity index (χ2v) is 7.29. The van der Waals surface area contributed by atoms with E-state index in [1.807, 2.05) is 12.1 Å². The molecule has 7 nitrogen and oxygen atoms in total. The lowest BCUT2D eigenvalue weighted by Crippen LogP contribution is -2.48. The van der Waals surface area contributed by atoms with Crippen LogP contribution in [0.3, 0.4) is 0 Å². The van der Waals surface area contributed by atoms with Crippen molar-refractivity contribution < 1.29 is 19.0 Å². The summed E-state index contributed by atoms with van der Waals surface area (Å²) >= 11 is 0. The zero-order chi connectivity index (χ0) is 20.1. The second kappa shape index (κ2) is 9.15. The van der Waals surface area contributed by atoms with Gasteiger partial charge in [-0.15, -0.1) is 0 Å². The van der Waals surface area contributed by atoms with Crippen LogP contribution in [-0.2, 0) is 6.54 Å². The number of amides is 1. The topological polar surface area (TPSA) is 63.3 Å². The second-order valence-electron chi connectivity index (χ2n) is 7.29. The summed E-state index contributed by atoms with van der Waals surface area (Å²) in [5.74, 6) is 2.14. The summed E-state index contributed by atoms with van der Waals surface area (Å²) in [6, 6.07) is 13.5. The molecule has 2 heterocycles. The Kier molecular flexibility index (Phi) is 6.17. The van der Waals surface area contributed by atoms with Crippen molar-refractivity contribution in [2.45, 2.75) is 6.54 Å². The third-order valence-electron chi connectivity index (χ3n) is 5.35. The number of fused-ring (bicyclic) bond motifs is 1. The molecule has 29 heavy (non-hydrogen) atoms. The average Bonchev–Trinajstić information content (AvgIpc) is 3.23. The van der Waals surface area contributed by atoms with Crippen LogP contribution in [0.25, 0.3) is 0 Å². The highest BCUT2D eigenvalue weighted by Crippen LogP contribution is 2.32. The van der Waals surface area contributed by atoms with E-state index in [9.17, 15) is 4.79 Å². The molecule has 4 rings (SSSR count). The van der Waals surface area contributed by atoms with Gasteiger partial charge in [-0.3, -0.25) is 14.6 Å². The minimum Gasteiger partial charge on any atom is -0.497 e. The first-order valence-electron chi connectivity index (χ1n) is 9.97. The zero-order valence-corrected chi connectivity index (χ0v) is 16.7. The molecular weight excluding hydrogens is 370 g/mol.